The van der Waals surface area contributed by atoms with Gasteiger partial charge >= 0.3 is 0 Å². The Morgan fingerprint density at radius 1 is 1.03 bits per heavy atom. The van der Waals surface area contributed by atoms with Gasteiger partial charge in [-0.25, -0.2) is 8.42 Å². The van der Waals surface area contributed by atoms with E-state index in [0.29, 0.717) is 44.8 Å². The maximum Gasteiger partial charge on any atom is 0.290 e. The van der Waals surface area contributed by atoms with Gasteiger partial charge in [0.15, 0.2) is 5.76 Å². The van der Waals surface area contributed by atoms with Crippen LogP contribution in [0, 0.1) is 0 Å². The highest BCUT2D eigenvalue weighted by Gasteiger charge is 2.35. The van der Waals surface area contributed by atoms with E-state index >= 15 is 0 Å². The van der Waals surface area contributed by atoms with Crippen LogP contribution in [0.5, 0.6) is 0 Å². The Morgan fingerprint density at radius 2 is 1.74 bits per heavy atom. The van der Waals surface area contributed by atoms with E-state index in [1.54, 1.807) is 24.3 Å². The number of benzene rings is 1. The number of likely N-dealkylation sites (N-methyl/N-ethyl adjacent to an activating group) is 1. The van der Waals surface area contributed by atoms with Gasteiger partial charge in [-0.05, 0) is 56.3 Å². The number of hydrogen-bond acceptors (Lipinski definition) is 6. The lowest BCUT2D eigenvalue weighted by molar-refractivity contribution is -0.119. The minimum Gasteiger partial charge on any atom is -0.459 e. The Labute approximate surface area is 181 Å². The van der Waals surface area contributed by atoms with E-state index in [-0.39, 0.29) is 22.5 Å². The number of amides is 2. The second-order valence-electron chi connectivity index (χ2n) is 7.85. The first-order chi connectivity index (χ1) is 14.9. The van der Waals surface area contributed by atoms with Crippen molar-refractivity contribution in [1.29, 1.82) is 0 Å². The van der Waals surface area contributed by atoms with Crippen LogP contribution in [-0.2, 0) is 14.8 Å². The van der Waals surface area contributed by atoms with Gasteiger partial charge in [-0.3, -0.25) is 9.59 Å². The fourth-order valence-electron chi connectivity index (χ4n) is 3.94. The zero-order chi connectivity index (χ0) is 22.0. The molecule has 0 radical (unpaired) electrons. The van der Waals surface area contributed by atoms with Crippen LogP contribution in [0.2, 0.25) is 0 Å². The summed E-state index contributed by atoms with van der Waals surface area (Å²) in [4.78, 5) is 29.2. The summed E-state index contributed by atoms with van der Waals surface area (Å²) in [6, 6.07) is 8.79. The lowest BCUT2D eigenvalue weighted by Crippen LogP contribution is -2.47. The maximum atomic E-state index is 12.8. The molecule has 1 N–H and O–H groups in total. The SMILES string of the molecule is CN1CCN(S(=O)(=O)c2ccc(NC(=O)[C@@H]3CCCN3C(=O)c3ccco3)cc2)CC1. The smallest absolute Gasteiger partial charge is 0.290 e. The molecule has 3 heterocycles. The van der Waals surface area contributed by atoms with Crippen molar-refractivity contribution in [1.82, 2.24) is 14.1 Å². The van der Waals surface area contributed by atoms with Crippen LogP contribution in [0.1, 0.15) is 23.4 Å². The van der Waals surface area contributed by atoms with E-state index in [9.17, 15) is 18.0 Å². The number of likely N-dealkylation sites (tertiary alicyclic amines) is 1. The first-order valence-corrected chi connectivity index (χ1v) is 11.7. The van der Waals surface area contributed by atoms with E-state index in [2.05, 4.69) is 10.2 Å². The molecule has 0 unspecified atom stereocenters. The highest BCUT2D eigenvalue weighted by molar-refractivity contribution is 7.89. The van der Waals surface area contributed by atoms with Crippen LogP contribution in [0.3, 0.4) is 0 Å². The third-order valence-electron chi connectivity index (χ3n) is 5.77. The van der Waals surface area contributed by atoms with E-state index in [1.165, 1.54) is 27.6 Å². The van der Waals surface area contributed by atoms with Crippen molar-refractivity contribution in [3.05, 3.63) is 48.4 Å². The molecule has 31 heavy (non-hydrogen) atoms. The third-order valence-corrected chi connectivity index (χ3v) is 7.68. The lowest BCUT2D eigenvalue weighted by Gasteiger charge is -2.31. The Morgan fingerprint density at radius 3 is 2.39 bits per heavy atom. The molecule has 10 heteroatoms. The molecule has 9 nitrogen and oxygen atoms in total. The summed E-state index contributed by atoms with van der Waals surface area (Å²) in [6.07, 6.45) is 2.72. The number of carbonyl (C=O) groups is 2. The van der Waals surface area contributed by atoms with E-state index in [0.717, 1.165) is 6.42 Å². The number of rotatable bonds is 5. The largest absolute Gasteiger partial charge is 0.459 e. The Balaban J connectivity index is 1.41. The standard InChI is InChI=1S/C21H26N4O5S/c1-23-11-13-24(14-12-23)31(28,29)17-8-6-16(7-9-17)22-20(26)18-4-2-10-25(18)21(27)19-5-3-15-30-19/h3,5-9,15,18H,2,4,10-14H2,1H3,(H,22,26)/t18-/m0/s1. The van der Waals surface area contributed by atoms with E-state index < -0.39 is 16.1 Å². The normalized spacial score (nSPS) is 20.7. The quantitative estimate of drug-likeness (QED) is 0.746. The van der Waals surface area contributed by atoms with E-state index in [1.807, 2.05) is 7.05 Å². The third kappa shape index (κ3) is 4.51. The molecule has 2 saturated heterocycles. The summed E-state index contributed by atoms with van der Waals surface area (Å²) in [5.74, 6) is -0.401. The topological polar surface area (TPSA) is 103 Å². The fraction of sp³-hybridized carbons (Fsp3) is 0.429. The van der Waals surface area contributed by atoms with E-state index in [4.69, 9.17) is 4.42 Å². The molecule has 2 aliphatic heterocycles. The molecule has 166 valence electrons. The van der Waals surface area contributed by atoms with Gasteiger partial charge in [-0.15, -0.1) is 0 Å². The number of furan rings is 1. The highest BCUT2D eigenvalue weighted by atomic mass is 32.2. The van der Waals surface area contributed by atoms with Crippen molar-refractivity contribution in [3.8, 4) is 0 Å². The highest BCUT2D eigenvalue weighted by Crippen LogP contribution is 2.23. The van der Waals surface area contributed by atoms with Crippen LogP contribution in [-0.4, -0.2) is 80.2 Å². The molecule has 0 aliphatic carbocycles. The number of hydrogen-bond donors (Lipinski definition) is 1. The van der Waals surface area contributed by atoms with Crippen LogP contribution in [0.15, 0.2) is 52.0 Å². The minimum absolute atomic E-state index is 0.200. The number of nitrogens with zero attached hydrogens (tertiary/aromatic N) is 3. The van der Waals surface area contributed by atoms with Crippen molar-refractivity contribution >= 4 is 27.5 Å². The number of carbonyl (C=O) groups excluding carboxylic acids is 2. The molecule has 2 aromatic rings. The van der Waals surface area contributed by atoms with Crippen molar-refractivity contribution in [2.75, 3.05) is 45.1 Å². The molecule has 1 aromatic carbocycles. The predicted octanol–water partition coefficient (Wildman–Crippen LogP) is 1.46. The van der Waals surface area contributed by atoms with Crippen LogP contribution in [0.4, 0.5) is 5.69 Å². The Hall–Kier alpha value is -2.69. The lowest BCUT2D eigenvalue weighted by atomic mass is 10.2. The summed E-state index contributed by atoms with van der Waals surface area (Å²) in [5.41, 5.74) is 0.486. The second-order valence-corrected chi connectivity index (χ2v) is 9.79. The molecule has 0 spiro atoms. The molecular weight excluding hydrogens is 420 g/mol. The summed E-state index contributed by atoms with van der Waals surface area (Å²) >= 11 is 0. The fourth-order valence-corrected chi connectivity index (χ4v) is 5.36. The average molecular weight is 447 g/mol. The van der Waals surface area contributed by atoms with Crippen LogP contribution < -0.4 is 5.32 Å². The van der Waals surface area contributed by atoms with Gasteiger partial charge in [-0.2, -0.15) is 4.31 Å². The van der Waals surface area contributed by atoms with Gasteiger partial charge in [0.1, 0.15) is 6.04 Å². The molecule has 0 saturated carbocycles. The number of nitrogens with one attached hydrogen (secondary N) is 1. The summed E-state index contributed by atoms with van der Waals surface area (Å²) in [7, 11) is -1.59. The summed E-state index contributed by atoms with van der Waals surface area (Å²) in [6.45, 7) is 2.79. The van der Waals surface area contributed by atoms with Crippen molar-refractivity contribution in [3.63, 3.8) is 0 Å². The molecular formula is C21H26N4O5S. The zero-order valence-corrected chi connectivity index (χ0v) is 18.2. The maximum absolute atomic E-state index is 12.8. The predicted molar refractivity (Wildman–Crippen MR) is 114 cm³/mol. The number of sulfonamides is 1. The van der Waals surface area contributed by atoms with Crippen LogP contribution in [0.25, 0.3) is 0 Å². The monoisotopic (exact) mass is 446 g/mol. The molecule has 0 bridgehead atoms. The van der Waals surface area contributed by atoms with Gasteiger partial charge in [0.2, 0.25) is 15.9 Å². The number of anilines is 1. The molecule has 2 aliphatic rings. The summed E-state index contributed by atoms with van der Waals surface area (Å²) < 4.78 is 32.3. The Kier molecular flexibility index (Phi) is 6.12. The molecule has 2 amide bonds. The Bertz CT molecular complexity index is 1030. The van der Waals surface area contributed by atoms with Gasteiger partial charge in [0.25, 0.3) is 5.91 Å². The van der Waals surface area contributed by atoms with Crippen molar-refractivity contribution < 1.29 is 22.4 Å². The van der Waals surface area contributed by atoms with Gasteiger partial charge < -0.3 is 19.5 Å². The van der Waals surface area contributed by atoms with Crippen molar-refractivity contribution in [2.24, 2.45) is 0 Å². The molecule has 4 rings (SSSR count). The molecule has 1 aromatic heterocycles. The summed E-state index contributed by atoms with van der Waals surface area (Å²) in [5, 5.41) is 2.80. The molecule has 2 fully saturated rings. The number of piperazine rings is 1. The average Bonchev–Trinajstić information content (AvgIpc) is 3.46. The van der Waals surface area contributed by atoms with Gasteiger partial charge in [0.05, 0.1) is 11.2 Å². The van der Waals surface area contributed by atoms with Crippen molar-refractivity contribution in [2.45, 2.75) is 23.8 Å². The zero-order valence-electron chi connectivity index (χ0n) is 17.4. The van der Waals surface area contributed by atoms with Crippen LogP contribution >= 0.6 is 0 Å². The second kappa shape index (κ2) is 8.81. The van der Waals surface area contributed by atoms with Gasteiger partial charge in [-0.1, -0.05) is 0 Å². The van der Waals surface area contributed by atoms with Gasteiger partial charge in [0, 0.05) is 38.4 Å². The molecule has 1 atom stereocenters. The first kappa shape index (κ1) is 21.5. The first-order valence-electron chi connectivity index (χ1n) is 10.3. The minimum atomic E-state index is -3.56.